The Kier molecular flexibility index (Phi) is 14.8. The van der Waals surface area contributed by atoms with E-state index in [1.807, 2.05) is 14.0 Å². The maximum Gasteiger partial charge on any atom is 0.225 e. The van der Waals surface area contributed by atoms with Gasteiger partial charge in [-0.05, 0) is 46.7 Å². The van der Waals surface area contributed by atoms with Crippen molar-refractivity contribution in [2.75, 3.05) is 39.8 Å². The number of amides is 1. The predicted molar refractivity (Wildman–Crippen MR) is 117 cm³/mol. The molecule has 0 aromatic rings. The molecule has 1 aliphatic heterocycles. The molecule has 0 aromatic heterocycles. The lowest BCUT2D eigenvalue weighted by Gasteiger charge is -2.20. The molecule has 7 nitrogen and oxygen atoms in total. The third-order valence-corrected chi connectivity index (χ3v) is 4.77. The number of aldehydes is 1. The summed E-state index contributed by atoms with van der Waals surface area (Å²) in [5, 5.41) is 17.5. The van der Waals surface area contributed by atoms with Crippen molar-refractivity contribution in [3.63, 3.8) is 0 Å². The Bertz CT molecular complexity index is 430. The van der Waals surface area contributed by atoms with Gasteiger partial charge in [0.1, 0.15) is 6.29 Å². The van der Waals surface area contributed by atoms with Gasteiger partial charge in [0.2, 0.25) is 5.91 Å². The Morgan fingerprint density at radius 2 is 2.00 bits per heavy atom. The number of aliphatic hydroxyl groups excluding tert-OH is 1. The standard InChI is InChI=1S/C15H28N2O3S.C5H13NO/c1-11(20-7-5-15(2,3)21)4-6-17-14(19)13-9-16-8-12(13)10-18;1-5(7)3-4-6-2/h10-13,16,21H,4-9H2,1-3H3,(H,17,19);5-7H,3-4H2,1-2H3. The molecule has 0 radical (unpaired) electrons. The van der Waals surface area contributed by atoms with Crippen LogP contribution >= 0.6 is 12.6 Å². The minimum Gasteiger partial charge on any atom is -0.393 e. The fourth-order valence-corrected chi connectivity index (χ4v) is 2.70. The second-order valence-electron chi connectivity index (χ2n) is 8.13. The minimum absolute atomic E-state index is 0.0206. The highest BCUT2D eigenvalue weighted by atomic mass is 32.1. The van der Waals surface area contributed by atoms with Gasteiger partial charge in [0, 0.05) is 36.9 Å². The smallest absolute Gasteiger partial charge is 0.225 e. The highest BCUT2D eigenvalue weighted by molar-refractivity contribution is 7.81. The van der Waals surface area contributed by atoms with E-state index >= 15 is 0 Å². The summed E-state index contributed by atoms with van der Waals surface area (Å²) in [7, 11) is 1.88. The number of carbonyl (C=O) groups is 2. The third kappa shape index (κ3) is 14.3. The molecule has 166 valence electrons. The van der Waals surface area contributed by atoms with Crippen molar-refractivity contribution in [3.05, 3.63) is 0 Å². The van der Waals surface area contributed by atoms with Crippen LogP contribution in [0, 0.1) is 11.8 Å². The number of hydrogen-bond acceptors (Lipinski definition) is 7. The number of rotatable bonds is 12. The van der Waals surface area contributed by atoms with Gasteiger partial charge in [0.05, 0.1) is 18.1 Å². The molecule has 1 fully saturated rings. The normalized spacial score (nSPS) is 21.4. The summed E-state index contributed by atoms with van der Waals surface area (Å²) in [6.07, 6.45) is 3.31. The molecule has 0 aromatic carbocycles. The Balaban J connectivity index is 0.000000887. The van der Waals surface area contributed by atoms with Gasteiger partial charge in [-0.2, -0.15) is 12.6 Å². The number of nitrogens with one attached hydrogen (secondary N) is 3. The second kappa shape index (κ2) is 15.2. The van der Waals surface area contributed by atoms with Crippen molar-refractivity contribution in [2.45, 2.75) is 63.9 Å². The zero-order valence-corrected chi connectivity index (χ0v) is 19.1. The van der Waals surface area contributed by atoms with Crippen LogP contribution in [0.5, 0.6) is 0 Å². The van der Waals surface area contributed by atoms with Gasteiger partial charge in [-0.15, -0.1) is 0 Å². The summed E-state index contributed by atoms with van der Waals surface area (Å²) in [6, 6.07) is 0. The molecule has 1 rings (SSSR count). The third-order valence-electron chi connectivity index (χ3n) is 4.55. The van der Waals surface area contributed by atoms with Crippen LogP contribution in [0.15, 0.2) is 0 Å². The van der Waals surface area contributed by atoms with Gasteiger partial charge < -0.3 is 30.6 Å². The Morgan fingerprint density at radius 3 is 2.50 bits per heavy atom. The molecule has 28 heavy (non-hydrogen) atoms. The molecular weight excluding hydrogens is 378 g/mol. The number of thiol groups is 1. The molecular formula is C20H41N3O4S. The summed E-state index contributed by atoms with van der Waals surface area (Å²) < 4.78 is 5.68. The molecule has 1 aliphatic rings. The Morgan fingerprint density at radius 1 is 1.32 bits per heavy atom. The fraction of sp³-hybridized carbons (Fsp3) is 0.900. The molecule has 0 spiro atoms. The van der Waals surface area contributed by atoms with Crippen molar-refractivity contribution >= 4 is 24.8 Å². The molecule has 8 heteroatoms. The van der Waals surface area contributed by atoms with Gasteiger partial charge in [0.25, 0.3) is 0 Å². The molecule has 4 unspecified atom stereocenters. The van der Waals surface area contributed by atoms with E-state index in [1.54, 1.807) is 6.92 Å². The summed E-state index contributed by atoms with van der Waals surface area (Å²) in [6.45, 7) is 11.2. The van der Waals surface area contributed by atoms with Gasteiger partial charge in [0.15, 0.2) is 0 Å². The van der Waals surface area contributed by atoms with Crippen LogP contribution in [0.25, 0.3) is 0 Å². The van der Waals surface area contributed by atoms with Gasteiger partial charge in [-0.1, -0.05) is 13.8 Å². The quantitative estimate of drug-likeness (QED) is 0.239. The van der Waals surface area contributed by atoms with Crippen LogP contribution in [0.1, 0.15) is 47.0 Å². The van der Waals surface area contributed by atoms with Gasteiger partial charge >= 0.3 is 0 Å². The first kappa shape index (κ1) is 27.3. The van der Waals surface area contributed by atoms with E-state index in [-0.39, 0.29) is 34.7 Å². The van der Waals surface area contributed by atoms with Gasteiger partial charge in [-0.25, -0.2) is 0 Å². The van der Waals surface area contributed by atoms with E-state index in [0.717, 1.165) is 32.1 Å². The van der Waals surface area contributed by atoms with Crippen LogP contribution in [-0.4, -0.2) is 74.1 Å². The number of ether oxygens (including phenoxy) is 1. The second-order valence-corrected chi connectivity index (χ2v) is 9.34. The predicted octanol–water partition coefficient (Wildman–Crippen LogP) is 1.01. The SMILES string of the molecule is CC(CCNC(=O)C1CNCC1C=O)OCCC(C)(C)S.CNCCC(C)O. The first-order valence-corrected chi connectivity index (χ1v) is 10.7. The fourth-order valence-electron chi connectivity index (χ4n) is 2.61. The zero-order valence-electron chi connectivity index (χ0n) is 18.2. The molecule has 0 bridgehead atoms. The van der Waals surface area contributed by atoms with E-state index in [1.165, 1.54) is 0 Å². The van der Waals surface area contributed by atoms with Crippen LogP contribution in [-0.2, 0) is 14.3 Å². The van der Waals surface area contributed by atoms with Crippen molar-refractivity contribution < 1.29 is 19.4 Å². The highest BCUT2D eigenvalue weighted by Gasteiger charge is 2.32. The monoisotopic (exact) mass is 419 g/mol. The number of carbonyl (C=O) groups excluding carboxylic acids is 2. The zero-order chi connectivity index (χ0) is 21.6. The van der Waals surface area contributed by atoms with Crippen molar-refractivity contribution in [1.82, 2.24) is 16.0 Å². The molecule has 1 amide bonds. The molecule has 0 saturated carbocycles. The highest BCUT2D eigenvalue weighted by Crippen LogP contribution is 2.17. The van der Waals surface area contributed by atoms with Crippen molar-refractivity contribution in [3.8, 4) is 0 Å². The van der Waals surface area contributed by atoms with E-state index < -0.39 is 0 Å². The lowest BCUT2D eigenvalue weighted by Crippen LogP contribution is -2.36. The first-order chi connectivity index (χ1) is 13.1. The lowest BCUT2D eigenvalue weighted by atomic mass is 9.97. The lowest BCUT2D eigenvalue weighted by molar-refractivity contribution is -0.128. The Labute approximate surface area is 176 Å². The summed E-state index contributed by atoms with van der Waals surface area (Å²) in [4.78, 5) is 22.8. The molecule has 1 heterocycles. The van der Waals surface area contributed by atoms with Crippen LogP contribution in [0.4, 0.5) is 0 Å². The van der Waals surface area contributed by atoms with Gasteiger partial charge in [-0.3, -0.25) is 4.79 Å². The topological polar surface area (TPSA) is 99.7 Å². The largest absolute Gasteiger partial charge is 0.393 e. The maximum absolute atomic E-state index is 12.0. The van der Waals surface area contributed by atoms with Crippen molar-refractivity contribution in [1.29, 1.82) is 0 Å². The summed E-state index contributed by atoms with van der Waals surface area (Å²) in [5.41, 5.74) is 0. The minimum atomic E-state index is -0.233. The molecule has 4 N–H and O–H groups in total. The molecule has 1 saturated heterocycles. The average molecular weight is 420 g/mol. The maximum atomic E-state index is 12.0. The van der Waals surface area contributed by atoms with E-state index in [2.05, 4.69) is 42.4 Å². The average Bonchev–Trinajstić information content (AvgIpc) is 3.08. The summed E-state index contributed by atoms with van der Waals surface area (Å²) >= 11 is 4.45. The number of aliphatic hydroxyl groups is 1. The van der Waals surface area contributed by atoms with E-state index in [4.69, 9.17) is 9.84 Å². The van der Waals surface area contributed by atoms with Crippen LogP contribution < -0.4 is 16.0 Å². The Hall–Kier alpha value is -0.670. The first-order valence-electron chi connectivity index (χ1n) is 10.2. The summed E-state index contributed by atoms with van der Waals surface area (Å²) in [5.74, 6) is -0.471. The van der Waals surface area contributed by atoms with E-state index in [0.29, 0.717) is 26.2 Å². The number of hydrogen-bond donors (Lipinski definition) is 5. The van der Waals surface area contributed by atoms with Crippen LogP contribution in [0.2, 0.25) is 0 Å². The van der Waals surface area contributed by atoms with E-state index in [9.17, 15) is 9.59 Å². The van der Waals surface area contributed by atoms with Crippen molar-refractivity contribution in [2.24, 2.45) is 11.8 Å². The molecule has 4 atom stereocenters. The van der Waals surface area contributed by atoms with Crippen LogP contribution in [0.3, 0.4) is 0 Å². The molecule has 0 aliphatic carbocycles.